The first-order valence-corrected chi connectivity index (χ1v) is 10.3. The molecule has 0 saturated heterocycles. The second kappa shape index (κ2) is 7.06. The van der Waals surface area contributed by atoms with Crippen LogP contribution >= 0.6 is 11.6 Å². The van der Waals surface area contributed by atoms with Crippen molar-refractivity contribution in [2.24, 2.45) is 0 Å². The van der Waals surface area contributed by atoms with Gasteiger partial charge in [0.2, 0.25) is 0 Å². The Balaban J connectivity index is 1.93. The summed E-state index contributed by atoms with van der Waals surface area (Å²) in [6, 6.07) is 30.0. The minimum atomic E-state index is 0.153. The molecule has 0 nitrogen and oxygen atoms in total. The van der Waals surface area contributed by atoms with Gasteiger partial charge >= 0.3 is 160 Å². The van der Waals surface area contributed by atoms with Crippen molar-refractivity contribution >= 4 is 46.3 Å². The summed E-state index contributed by atoms with van der Waals surface area (Å²) in [4.78, 5) is 0. The third kappa shape index (κ3) is 3.37. The van der Waals surface area contributed by atoms with Gasteiger partial charge in [0.15, 0.2) is 0 Å². The topological polar surface area (TPSA) is 0 Å². The van der Waals surface area contributed by atoms with Gasteiger partial charge in [-0.25, -0.2) is 0 Å². The molecule has 0 radical (unpaired) electrons. The minimum absolute atomic E-state index is 0.153. The molecule has 0 amide bonds. The number of benzene rings is 4. The van der Waals surface area contributed by atoms with Gasteiger partial charge in [0, 0.05) is 0 Å². The van der Waals surface area contributed by atoms with Crippen molar-refractivity contribution < 1.29 is 0 Å². The van der Waals surface area contributed by atoms with Crippen LogP contribution in [0.25, 0.3) is 21.9 Å². The zero-order chi connectivity index (χ0) is 17.2. The Labute approximate surface area is 159 Å². The van der Waals surface area contributed by atoms with Crippen LogP contribution < -0.4 is 8.92 Å². The van der Waals surface area contributed by atoms with Crippen LogP contribution in [0.3, 0.4) is 0 Å². The SMILES string of the molecule is Cc1ccc([Se]c2c(-c3ccccc3)cc3ccccc3c2Cl)cc1. The molecular weight excluding hydrogens is 391 g/mol. The fraction of sp³-hybridized carbons (Fsp3) is 0.0435. The number of halogens is 1. The fourth-order valence-electron chi connectivity index (χ4n) is 2.94. The predicted octanol–water partition coefficient (Wildman–Crippen LogP) is 5.12. The summed E-state index contributed by atoms with van der Waals surface area (Å²) in [6.07, 6.45) is 0. The summed E-state index contributed by atoms with van der Waals surface area (Å²) in [5, 5.41) is 3.21. The van der Waals surface area contributed by atoms with E-state index in [1.807, 2.05) is 0 Å². The second-order valence-corrected chi connectivity index (χ2v) is 8.72. The molecule has 0 atom stereocenters. The van der Waals surface area contributed by atoms with Crippen LogP contribution in [0.15, 0.2) is 84.9 Å². The summed E-state index contributed by atoms with van der Waals surface area (Å²) in [7, 11) is 0. The molecule has 4 aromatic rings. The first kappa shape index (κ1) is 16.4. The molecule has 0 aliphatic carbocycles. The van der Waals surface area contributed by atoms with Gasteiger partial charge in [-0.1, -0.05) is 0 Å². The van der Waals surface area contributed by atoms with Gasteiger partial charge in [-0.2, -0.15) is 0 Å². The maximum absolute atomic E-state index is 6.89. The summed E-state index contributed by atoms with van der Waals surface area (Å²) in [6.45, 7) is 2.12. The Morgan fingerprint density at radius 3 is 2.20 bits per heavy atom. The van der Waals surface area contributed by atoms with Crippen LogP contribution in [0, 0.1) is 6.92 Å². The molecule has 0 spiro atoms. The van der Waals surface area contributed by atoms with Gasteiger partial charge in [-0.3, -0.25) is 0 Å². The summed E-state index contributed by atoms with van der Waals surface area (Å²) >= 11 is 7.05. The van der Waals surface area contributed by atoms with E-state index in [4.69, 9.17) is 11.6 Å². The monoisotopic (exact) mass is 408 g/mol. The number of hydrogen-bond donors (Lipinski definition) is 0. The van der Waals surface area contributed by atoms with E-state index >= 15 is 0 Å². The Kier molecular flexibility index (Phi) is 4.63. The summed E-state index contributed by atoms with van der Waals surface area (Å²) in [5.74, 6) is 0. The number of aryl methyl sites for hydroxylation is 1. The molecule has 25 heavy (non-hydrogen) atoms. The Bertz CT molecular complexity index is 1020. The third-order valence-corrected chi connectivity index (χ3v) is 7.30. The quantitative estimate of drug-likeness (QED) is 0.413. The van der Waals surface area contributed by atoms with E-state index in [0.29, 0.717) is 0 Å². The molecule has 0 N–H and O–H groups in total. The van der Waals surface area contributed by atoms with Crippen LogP contribution in [0.1, 0.15) is 5.56 Å². The van der Waals surface area contributed by atoms with Gasteiger partial charge < -0.3 is 0 Å². The Morgan fingerprint density at radius 2 is 1.44 bits per heavy atom. The van der Waals surface area contributed by atoms with Gasteiger partial charge in [-0.15, -0.1) is 0 Å². The van der Waals surface area contributed by atoms with Crippen LogP contribution in [0.5, 0.6) is 0 Å². The normalized spacial score (nSPS) is 11.0. The van der Waals surface area contributed by atoms with Crippen LogP contribution in [0.2, 0.25) is 5.02 Å². The summed E-state index contributed by atoms with van der Waals surface area (Å²) < 4.78 is 2.59. The molecule has 0 bridgehead atoms. The standard InChI is InChI=1S/C23H17ClSe/c1-16-11-13-19(14-12-16)25-23-21(17-7-3-2-4-8-17)15-18-9-5-6-10-20(18)22(23)24/h2-15H,1H3. The predicted molar refractivity (Wildman–Crippen MR) is 111 cm³/mol. The molecule has 0 aliphatic heterocycles. The molecule has 2 heteroatoms. The number of fused-ring (bicyclic) bond motifs is 1. The molecular formula is C23H17ClSe. The van der Waals surface area contributed by atoms with E-state index in [1.54, 1.807) is 0 Å². The van der Waals surface area contributed by atoms with Crippen molar-refractivity contribution in [2.75, 3.05) is 0 Å². The maximum atomic E-state index is 6.89. The molecule has 0 saturated carbocycles. The first-order valence-electron chi connectivity index (χ1n) is 8.23. The van der Waals surface area contributed by atoms with Crippen molar-refractivity contribution in [2.45, 2.75) is 6.92 Å². The van der Waals surface area contributed by atoms with Crippen molar-refractivity contribution in [1.29, 1.82) is 0 Å². The van der Waals surface area contributed by atoms with Crippen molar-refractivity contribution in [3.63, 3.8) is 0 Å². The van der Waals surface area contributed by atoms with E-state index < -0.39 is 0 Å². The summed E-state index contributed by atoms with van der Waals surface area (Å²) in [5.41, 5.74) is 3.75. The fourth-order valence-corrected chi connectivity index (χ4v) is 5.50. The number of hydrogen-bond acceptors (Lipinski definition) is 0. The van der Waals surface area contributed by atoms with E-state index in [1.165, 1.54) is 31.0 Å². The van der Waals surface area contributed by atoms with Crippen LogP contribution in [-0.4, -0.2) is 15.0 Å². The molecule has 0 unspecified atom stereocenters. The third-order valence-electron chi connectivity index (χ3n) is 4.27. The van der Waals surface area contributed by atoms with Crippen molar-refractivity contribution in [3.05, 3.63) is 95.5 Å². The van der Waals surface area contributed by atoms with Crippen LogP contribution in [-0.2, 0) is 0 Å². The number of rotatable bonds is 3. The Morgan fingerprint density at radius 1 is 0.760 bits per heavy atom. The average molecular weight is 408 g/mol. The average Bonchev–Trinajstić information content (AvgIpc) is 2.66. The van der Waals surface area contributed by atoms with E-state index in [-0.39, 0.29) is 15.0 Å². The zero-order valence-corrected chi connectivity index (χ0v) is 16.3. The van der Waals surface area contributed by atoms with Gasteiger partial charge in [0.25, 0.3) is 0 Å². The van der Waals surface area contributed by atoms with Gasteiger partial charge in [0.1, 0.15) is 0 Å². The Hall–Kier alpha value is -2.05. The van der Waals surface area contributed by atoms with Crippen molar-refractivity contribution in [3.8, 4) is 11.1 Å². The zero-order valence-electron chi connectivity index (χ0n) is 13.9. The van der Waals surface area contributed by atoms with Gasteiger partial charge in [-0.05, 0) is 0 Å². The van der Waals surface area contributed by atoms with E-state index in [2.05, 4.69) is 91.9 Å². The molecule has 0 aromatic heterocycles. The van der Waals surface area contributed by atoms with E-state index in [9.17, 15) is 0 Å². The van der Waals surface area contributed by atoms with E-state index in [0.717, 1.165) is 10.4 Å². The van der Waals surface area contributed by atoms with Gasteiger partial charge in [0.05, 0.1) is 0 Å². The molecule has 122 valence electrons. The molecule has 0 aliphatic rings. The van der Waals surface area contributed by atoms with Crippen molar-refractivity contribution in [1.82, 2.24) is 0 Å². The second-order valence-electron chi connectivity index (χ2n) is 6.07. The molecule has 4 rings (SSSR count). The molecule has 0 heterocycles. The van der Waals surface area contributed by atoms with Crippen LogP contribution in [0.4, 0.5) is 0 Å². The molecule has 0 fully saturated rings. The first-order chi connectivity index (χ1) is 12.2. The molecule has 4 aromatic carbocycles.